The van der Waals surface area contributed by atoms with Crippen LogP contribution in [-0.4, -0.2) is 50.1 Å². The van der Waals surface area contributed by atoms with Gasteiger partial charge in [-0.05, 0) is 0 Å². The summed E-state index contributed by atoms with van der Waals surface area (Å²) in [6, 6.07) is 0. The van der Waals surface area contributed by atoms with E-state index in [2.05, 4.69) is 10.2 Å². The second kappa shape index (κ2) is 6.21. The van der Waals surface area contributed by atoms with Crippen LogP contribution in [0.4, 0.5) is 17.6 Å². The van der Waals surface area contributed by atoms with E-state index < -0.39 is 36.6 Å². The Hall–Kier alpha value is -1.68. The van der Waals surface area contributed by atoms with Crippen LogP contribution in [0.3, 0.4) is 0 Å². The van der Waals surface area contributed by atoms with Gasteiger partial charge in [-0.2, -0.15) is 15.2 Å². The van der Waals surface area contributed by atoms with Gasteiger partial charge in [0.1, 0.15) is 5.71 Å². The zero-order valence-corrected chi connectivity index (χ0v) is 11.7. The van der Waals surface area contributed by atoms with Crippen LogP contribution in [0.15, 0.2) is 17.5 Å². The molecule has 0 spiro atoms. The zero-order chi connectivity index (χ0) is 16.5. The van der Waals surface area contributed by atoms with Crippen LogP contribution in [0, 0.1) is 0 Å². The molecule has 0 aliphatic carbocycles. The van der Waals surface area contributed by atoms with E-state index in [4.69, 9.17) is 11.6 Å². The summed E-state index contributed by atoms with van der Waals surface area (Å²) in [5.41, 5.74) is -4.01. The minimum absolute atomic E-state index is 0.0269. The number of alkyl halides is 4. The maximum atomic E-state index is 12.9. The van der Waals surface area contributed by atoms with Gasteiger partial charge >= 0.3 is 0 Å². The molecule has 1 atom stereocenters. The van der Waals surface area contributed by atoms with Crippen molar-refractivity contribution in [1.29, 1.82) is 0 Å². The third-order valence-corrected chi connectivity index (χ3v) is 3.23. The summed E-state index contributed by atoms with van der Waals surface area (Å²) in [5, 5.41) is 17.1. The standard InChI is InChI=1S/C11H11ClF4N4O2/c12-6-4-17-19(5-6)2-1-8(21)20-11(22,10(15)16)3-7(18-20)9(13)14/h4-5,9-10,22H,1-3H2. The van der Waals surface area contributed by atoms with Crippen molar-refractivity contribution in [3.8, 4) is 0 Å². The number of aryl methyl sites for hydroxylation is 1. The van der Waals surface area contributed by atoms with Gasteiger partial charge < -0.3 is 5.11 Å². The molecule has 1 unspecified atom stereocenters. The number of hydrogen-bond donors (Lipinski definition) is 1. The Balaban J connectivity index is 2.10. The number of aliphatic hydroxyl groups is 1. The molecule has 122 valence electrons. The molecule has 6 nitrogen and oxygen atoms in total. The third kappa shape index (κ3) is 3.22. The topological polar surface area (TPSA) is 70.7 Å². The second-order valence-corrected chi connectivity index (χ2v) is 5.06. The van der Waals surface area contributed by atoms with E-state index >= 15 is 0 Å². The quantitative estimate of drug-likeness (QED) is 0.828. The number of carbonyl (C=O) groups excluding carboxylic acids is 1. The molecule has 0 aromatic carbocycles. The van der Waals surface area contributed by atoms with Crippen molar-refractivity contribution < 1.29 is 27.5 Å². The van der Waals surface area contributed by atoms with Crippen molar-refractivity contribution in [2.24, 2.45) is 5.10 Å². The first kappa shape index (κ1) is 16.7. The van der Waals surface area contributed by atoms with Gasteiger partial charge in [-0.15, -0.1) is 0 Å². The Morgan fingerprint density at radius 1 is 1.45 bits per heavy atom. The summed E-state index contributed by atoms with van der Waals surface area (Å²) in [7, 11) is 0. The van der Waals surface area contributed by atoms with Crippen LogP contribution in [-0.2, 0) is 11.3 Å². The average molecular weight is 343 g/mol. The third-order valence-electron chi connectivity index (χ3n) is 3.03. The lowest BCUT2D eigenvalue weighted by atomic mass is 10.1. The molecule has 2 heterocycles. The van der Waals surface area contributed by atoms with Gasteiger partial charge in [-0.3, -0.25) is 9.48 Å². The van der Waals surface area contributed by atoms with Crippen molar-refractivity contribution in [3.05, 3.63) is 17.4 Å². The predicted octanol–water partition coefficient (Wildman–Crippen LogP) is 1.73. The first-order valence-electron chi connectivity index (χ1n) is 6.11. The molecule has 0 saturated heterocycles. The van der Waals surface area contributed by atoms with Crippen molar-refractivity contribution in [3.63, 3.8) is 0 Å². The highest BCUT2D eigenvalue weighted by atomic mass is 35.5. The van der Waals surface area contributed by atoms with Crippen LogP contribution < -0.4 is 0 Å². The van der Waals surface area contributed by atoms with Crippen molar-refractivity contribution in [1.82, 2.24) is 14.8 Å². The Bertz CT molecular complexity index is 594. The van der Waals surface area contributed by atoms with Gasteiger partial charge in [0.15, 0.2) is 0 Å². The number of aromatic nitrogens is 2. The van der Waals surface area contributed by atoms with Crippen molar-refractivity contribution >= 4 is 23.2 Å². The highest BCUT2D eigenvalue weighted by molar-refractivity contribution is 6.30. The predicted molar refractivity (Wildman–Crippen MR) is 67.7 cm³/mol. The lowest BCUT2D eigenvalue weighted by molar-refractivity contribution is -0.192. The van der Waals surface area contributed by atoms with E-state index in [1.807, 2.05) is 0 Å². The molecule has 1 aliphatic heterocycles. The van der Waals surface area contributed by atoms with Gasteiger partial charge in [-0.25, -0.2) is 17.6 Å². The highest BCUT2D eigenvalue weighted by Gasteiger charge is 2.53. The summed E-state index contributed by atoms with van der Waals surface area (Å²) >= 11 is 5.62. The maximum Gasteiger partial charge on any atom is 0.287 e. The van der Waals surface area contributed by atoms with Gasteiger partial charge in [0.2, 0.25) is 11.6 Å². The van der Waals surface area contributed by atoms with E-state index in [1.54, 1.807) is 0 Å². The molecule has 0 radical (unpaired) electrons. The number of halogens is 5. The maximum absolute atomic E-state index is 12.9. The summed E-state index contributed by atoms with van der Waals surface area (Å²) in [4.78, 5) is 11.9. The monoisotopic (exact) mass is 342 g/mol. The van der Waals surface area contributed by atoms with Crippen molar-refractivity contribution in [2.75, 3.05) is 0 Å². The smallest absolute Gasteiger partial charge is 0.287 e. The van der Waals surface area contributed by atoms with E-state index in [1.165, 1.54) is 17.1 Å². The number of hydrazone groups is 1. The van der Waals surface area contributed by atoms with Crippen molar-refractivity contribution in [2.45, 2.75) is 38.0 Å². The fraction of sp³-hybridized carbons (Fsp3) is 0.545. The number of rotatable bonds is 5. The summed E-state index contributed by atoms with van der Waals surface area (Å²) < 4.78 is 52.3. The van der Waals surface area contributed by atoms with Crippen LogP contribution >= 0.6 is 11.6 Å². The highest BCUT2D eigenvalue weighted by Crippen LogP contribution is 2.33. The molecule has 0 saturated carbocycles. The average Bonchev–Trinajstić information content (AvgIpc) is 3.01. The van der Waals surface area contributed by atoms with E-state index in [9.17, 15) is 27.5 Å². The van der Waals surface area contributed by atoms with Gasteiger partial charge in [-0.1, -0.05) is 11.6 Å². The number of amides is 1. The number of carbonyl (C=O) groups is 1. The Labute approximate surface area is 126 Å². The van der Waals surface area contributed by atoms with Gasteiger partial charge in [0, 0.05) is 25.6 Å². The molecule has 1 aliphatic rings. The number of nitrogens with zero attached hydrogens (tertiary/aromatic N) is 4. The fourth-order valence-corrected chi connectivity index (χ4v) is 2.09. The Kier molecular flexibility index (Phi) is 4.71. The van der Waals surface area contributed by atoms with Crippen LogP contribution in [0.2, 0.25) is 5.02 Å². The molecule has 0 fully saturated rings. The largest absolute Gasteiger partial charge is 0.364 e. The zero-order valence-electron chi connectivity index (χ0n) is 11.0. The lowest BCUT2D eigenvalue weighted by Gasteiger charge is -2.29. The molecule has 1 amide bonds. The van der Waals surface area contributed by atoms with Crippen LogP contribution in [0.5, 0.6) is 0 Å². The molecular weight excluding hydrogens is 332 g/mol. The first-order valence-corrected chi connectivity index (χ1v) is 6.49. The molecule has 11 heteroatoms. The molecular formula is C11H11ClF4N4O2. The van der Waals surface area contributed by atoms with Crippen LogP contribution in [0.1, 0.15) is 12.8 Å². The molecule has 1 aromatic heterocycles. The first-order chi connectivity index (χ1) is 10.2. The van der Waals surface area contributed by atoms with E-state index in [0.717, 1.165) is 0 Å². The normalized spacial score (nSPS) is 21.8. The van der Waals surface area contributed by atoms with Crippen LogP contribution in [0.25, 0.3) is 0 Å². The van der Waals surface area contributed by atoms with Gasteiger partial charge in [0.05, 0.1) is 11.2 Å². The molecule has 1 N–H and O–H groups in total. The minimum atomic E-state index is -3.43. The Morgan fingerprint density at radius 3 is 2.64 bits per heavy atom. The van der Waals surface area contributed by atoms with E-state index in [0.29, 0.717) is 5.02 Å². The molecule has 0 bridgehead atoms. The summed E-state index contributed by atoms with van der Waals surface area (Å²) in [6.07, 6.45) is -5.32. The fourth-order valence-electron chi connectivity index (χ4n) is 1.93. The molecule has 1 aromatic rings. The summed E-state index contributed by atoms with van der Waals surface area (Å²) in [5.74, 6) is -1.02. The van der Waals surface area contributed by atoms with Gasteiger partial charge in [0.25, 0.3) is 12.9 Å². The second-order valence-electron chi connectivity index (χ2n) is 4.63. The SMILES string of the molecule is O=C(CCn1cc(Cl)cn1)N1N=C(C(F)F)CC1(O)C(F)F. The summed E-state index contributed by atoms with van der Waals surface area (Å²) in [6.45, 7) is -0.0269. The molecule has 2 rings (SSSR count). The molecule has 22 heavy (non-hydrogen) atoms. The minimum Gasteiger partial charge on any atom is -0.364 e. The number of hydrogen-bond acceptors (Lipinski definition) is 4. The lowest BCUT2D eigenvalue weighted by Crippen LogP contribution is -2.51. The van der Waals surface area contributed by atoms with E-state index in [-0.39, 0.29) is 18.0 Å². The Morgan fingerprint density at radius 2 is 2.14 bits per heavy atom.